The molecule has 0 aliphatic heterocycles. The largest absolute Gasteiger partial charge is 0.753 e. The van der Waals surface area contributed by atoms with Crippen LogP contribution in [0.1, 0.15) is 6.92 Å². The average Bonchev–Trinajstić information content (AvgIpc) is 2.15. The number of benzene rings is 1. The molecule has 4 nitrogen and oxygen atoms in total. The van der Waals surface area contributed by atoms with Crippen molar-refractivity contribution in [2.45, 2.75) is 6.92 Å². The monoisotopic (exact) mass is 200 g/mol. The minimum atomic E-state index is -2.39. The quantitative estimate of drug-likeness (QED) is 0.542. The van der Waals surface area contributed by atoms with Crippen LogP contribution in [-0.4, -0.2) is 15.4 Å². The molecule has 13 heavy (non-hydrogen) atoms. The van der Waals surface area contributed by atoms with Crippen LogP contribution in [0.4, 0.5) is 5.69 Å². The highest BCUT2D eigenvalue weighted by atomic mass is 32.2. The van der Waals surface area contributed by atoms with Crippen LogP contribution in [0.3, 0.4) is 0 Å². The topological polar surface area (TPSA) is 52.6 Å². The molecule has 1 rings (SSSR count). The molecule has 0 aliphatic carbocycles. The van der Waals surface area contributed by atoms with Crippen molar-refractivity contribution < 1.29 is 13.6 Å². The zero-order valence-corrected chi connectivity index (χ0v) is 7.99. The van der Waals surface area contributed by atoms with Crippen LogP contribution in [0.2, 0.25) is 0 Å². The van der Waals surface area contributed by atoms with Crippen LogP contribution in [0.25, 0.3) is 0 Å². The molecular weight excluding hydrogens is 190 g/mol. The summed E-state index contributed by atoms with van der Waals surface area (Å²) in [5.41, 5.74) is 0.498. The van der Waals surface area contributed by atoms with Crippen molar-refractivity contribution in [1.82, 2.24) is 0 Å². The van der Waals surface area contributed by atoms with Crippen LogP contribution < -0.4 is 4.47 Å². The van der Waals surface area contributed by atoms with Crippen LogP contribution in [0.15, 0.2) is 30.3 Å². The lowest BCUT2D eigenvalue weighted by atomic mass is 10.3. The number of anilines is 1. The third-order valence-electron chi connectivity index (χ3n) is 1.35. The van der Waals surface area contributed by atoms with Gasteiger partial charge in [-0.1, -0.05) is 18.2 Å². The van der Waals surface area contributed by atoms with E-state index in [2.05, 4.69) is 0 Å². The van der Waals surface area contributed by atoms with Crippen molar-refractivity contribution in [1.29, 1.82) is 0 Å². The second-order valence-corrected chi connectivity index (χ2v) is 2.99. The summed E-state index contributed by atoms with van der Waals surface area (Å²) >= 11 is -2.39. The fourth-order valence-electron chi connectivity index (χ4n) is 0.871. The Hall–Kier alpha value is -0.910. The molecule has 0 saturated carbocycles. The lowest BCUT2D eigenvalue weighted by Gasteiger charge is -2.24. The van der Waals surface area contributed by atoms with Gasteiger partial charge in [-0.15, -0.1) is 0 Å². The third-order valence-corrected chi connectivity index (χ3v) is 1.94. The van der Waals surface area contributed by atoms with E-state index < -0.39 is 11.3 Å². The van der Waals surface area contributed by atoms with Gasteiger partial charge in [-0.2, -0.15) is 4.47 Å². The van der Waals surface area contributed by atoms with Gasteiger partial charge < -0.3 is 4.55 Å². The highest BCUT2D eigenvalue weighted by molar-refractivity contribution is 7.80. The second kappa shape index (κ2) is 4.96. The maximum atomic E-state index is 10.7. The van der Waals surface area contributed by atoms with Crippen molar-refractivity contribution in [3.63, 3.8) is 0 Å². The molecule has 0 aromatic heterocycles. The van der Waals surface area contributed by atoms with Crippen LogP contribution in [0.5, 0.6) is 0 Å². The van der Waals surface area contributed by atoms with Gasteiger partial charge in [0.25, 0.3) is 0 Å². The first-order chi connectivity index (χ1) is 6.25. The van der Waals surface area contributed by atoms with Gasteiger partial charge in [-0.3, -0.25) is 4.84 Å². The van der Waals surface area contributed by atoms with Crippen LogP contribution >= 0.6 is 0 Å². The molecule has 1 atom stereocenters. The smallest absolute Gasteiger partial charge is 0.0781 e. The Labute approximate surface area is 79.5 Å². The molecule has 0 N–H and O–H groups in total. The van der Waals surface area contributed by atoms with Crippen molar-refractivity contribution >= 4 is 17.0 Å². The van der Waals surface area contributed by atoms with E-state index in [0.29, 0.717) is 12.3 Å². The van der Waals surface area contributed by atoms with Gasteiger partial charge in [-0.05, 0) is 19.1 Å². The van der Waals surface area contributed by atoms with Gasteiger partial charge in [0.05, 0.1) is 23.6 Å². The number of hydrogen-bond acceptors (Lipinski definition) is 3. The molecule has 0 fully saturated rings. The second-order valence-electron chi connectivity index (χ2n) is 2.23. The summed E-state index contributed by atoms with van der Waals surface area (Å²) in [7, 11) is 0. The molecule has 5 heteroatoms. The maximum absolute atomic E-state index is 10.7. The normalized spacial score (nSPS) is 12.5. The van der Waals surface area contributed by atoms with Crippen molar-refractivity contribution in [2.75, 3.05) is 11.1 Å². The maximum Gasteiger partial charge on any atom is 0.0781 e. The Morgan fingerprint density at radius 1 is 1.46 bits per heavy atom. The summed E-state index contributed by atoms with van der Waals surface area (Å²) in [5.74, 6) is 0. The number of hydrogen-bond donors (Lipinski definition) is 0. The predicted octanol–water partition coefficient (Wildman–Crippen LogP) is 1.24. The van der Waals surface area contributed by atoms with E-state index in [0.717, 1.165) is 4.47 Å². The molecule has 0 saturated heterocycles. The molecule has 0 spiro atoms. The molecule has 0 heterocycles. The standard InChI is InChI=1S/C8H11NO3S/c1-2-12-9(13(10)11)8-6-4-3-5-7-8/h3-7H,2H2,1H3,(H,10,11)/p-1. The van der Waals surface area contributed by atoms with E-state index in [1.807, 2.05) is 0 Å². The van der Waals surface area contributed by atoms with Crippen molar-refractivity contribution in [3.05, 3.63) is 30.3 Å². The number of nitrogens with zero attached hydrogens (tertiary/aromatic N) is 1. The zero-order valence-electron chi connectivity index (χ0n) is 7.17. The Bertz CT molecular complexity index is 278. The van der Waals surface area contributed by atoms with Gasteiger partial charge in [0, 0.05) is 0 Å². The minimum absolute atomic E-state index is 0.308. The highest BCUT2D eigenvalue weighted by Crippen LogP contribution is 2.14. The van der Waals surface area contributed by atoms with E-state index in [4.69, 9.17) is 4.84 Å². The highest BCUT2D eigenvalue weighted by Gasteiger charge is 2.04. The molecule has 0 amide bonds. The molecular formula is C8H10NO3S-. The van der Waals surface area contributed by atoms with Gasteiger partial charge in [0.1, 0.15) is 0 Å². The summed E-state index contributed by atoms with van der Waals surface area (Å²) in [4.78, 5) is 4.91. The molecule has 0 aliphatic rings. The first kappa shape index (κ1) is 10.2. The summed E-state index contributed by atoms with van der Waals surface area (Å²) < 4.78 is 22.2. The lowest BCUT2D eigenvalue weighted by Crippen LogP contribution is -2.25. The van der Waals surface area contributed by atoms with E-state index in [9.17, 15) is 8.76 Å². The van der Waals surface area contributed by atoms with E-state index in [1.165, 1.54) is 0 Å². The van der Waals surface area contributed by atoms with E-state index >= 15 is 0 Å². The van der Waals surface area contributed by atoms with E-state index in [1.54, 1.807) is 37.3 Å². The molecule has 1 aromatic carbocycles. The first-order valence-electron chi connectivity index (χ1n) is 3.83. The Kier molecular flexibility index (Phi) is 3.88. The molecule has 0 bridgehead atoms. The average molecular weight is 200 g/mol. The summed E-state index contributed by atoms with van der Waals surface area (Å²) in [6.45, 7) is 2.03. The number of para-hydroxylation sites is 1. The minimum Gasteiger partial charge on any atom is -0.753 e. The molecule has 1 aromatic rings. The summed E-state index contributed by atoms with van der Waals surface area (Å²) in [5, 5.41) is 0. The van der Waals surface area contributed by atoms with Gasteiger partial charge in [-0.25, -0.2) is 4.21 Å². The fourth-order valence-corrected chi connectivity index (χ4v) is 1.36. The Morgan fingerprint density at radius 2 is 2.08 bits per heavy atom. The summed E-state index contributed by atoms with van der Waals surface area (Å²) in [6, 6.07) is 8.61. The Morgan fingerprint density at radius 3 is 2.54 bits per heavy atom. The van der Waals surface area contributed by atoms with E-state index in [-0.39, 0.29) is 0 Å². The van der Waals surface area contributed by atoms with Crippen LogP contribution in [0, 0.1) is 0 Å². The van der Waals surface area contributed by atoms with Gasteiger partial charge in [0.15, 0.2) is 0 Å². The lowest BCUT2D eigenvalue weighted by molar-refractivity contribution is 0.161. The zero-order chi connectivity index (χ0) is 9.68. The molecule has 0 radical (unpaired) electrons. The molecule has 1 unspecified atom stereocenters. The van der Waals surface area contributed by atoms with Crippen LogP contribution in [-0.2, 0) is 16.1 Å². The third kappa shape index (κ3) is 2.80. The van der Waals surface area contributed by atoms with Gasteiger partial charge in [0.2, 0.25) is 0 Å². The Balaban J connectivity index is 2.82. The van der Waals surface area contributed by atoms with Gasteiger partial charge >= 0.3 is 0 Å². The molecule has 72 valence electrons. The predicted molar refractivity (Wildman–Crippen MR) is 49.5 cm³/mol. The van der Waals surface area contributed by atoms with Crippen molar-refractivity contribution in [2.24, 2.45) is 0 Å². The number of rotatable bonds is 4. The van der Waals surface area contributed by atoms with Crippen molar-refractivity contribution in [3.8, 4) is 0 Å². The summed E-state index contributed by atoms with van der Waals surface area (Å²) in [6.07, 6.45) is 0. The SMILES string of the molecule is CCON(c1ccccc1)S(=O)[O-]. The fraction of sp³-hybridized carbons (Fsp3) is 0.250. The first-order valence-corrected chi connectivity index (χ1v) is 4.86.